The van der Waals surface area contributed by atoms with Crippen LogP contribution < -0.4 is 5.32 Å². The van der Waals surface area contributed by atoms with E-state index in [-0.39, 0.29) is 10.5 Å². The van der Waals surface area contributed by atoms with Gasteiger partial charge < -0.3 is 14.5 Å². The second kappa shape index (κ2) is 8.20. The molecular weight excluding hydrogens is 404 g/mol. The zero-order chi connectivity index (χ0) is 21.2. The lowest BCUT2D eigenvalue weighted by Gasteiger charge is -2.10. The van der Waals surface area contributed by atoms with E-state index < -0.39 is 0 Å². The number of benzene rings is 2. The van der Waals surface area contributed by atoms with Gasteiger partial charge in [-0.1, -0.05) is 18.0 Å². The molecule has 1 unspecified atom stereocenters. The van der Waals surface area contributed by atoms with E-state index in [1.807, 2.05) is 47.7 Å². The van der Waals surface area contributed by atoms with Gasteiger partial charge in [0.2, 0.25) is 5.95 Å². The Morgan fingerprint density at radius 2 is 1.94 bits per heavy atom. The molecule has 0 aliphatic rings. The summed E-state index contributed by atoms with van der Waals surface area (Å²) >= 11 is 0. The predicted octanol–water partition coefficient (Wildman–Crippen LogP) is 5.10. The quantitative estimate of drug-likeness (QED) is 0.384. The molecule has 0 aliphatic carbocycles. The van der Waals surface area contributed by atoms with Crippen molar-refractivity contribution in [1.82, 2.24) is 24.1 Å². The predicted molar refractivity (Wildman–Crippen MR) is 129 cm³/mol. The third kappa shape index (κ3) is 4.13. The minimum atomic E-state index is -0.000154. The molecule has 7 heteroatoms. The van der Waals surface area contributed by atoms with Gasteiger partial charge in [0.25, 0.3) is 0 Å². The fourth-order valence-electron chi connectivity index (χ4n) is 3.49. The lowest BCUT2D eigenvalue weighted by molar-refractivity contribution is 0.797. The van der Waals surface area contributed by atoms with E-state index in [0.29, 0.717) is 5.95 Å². The third-order valence-corrected chi connectivity index (χ3v) is 6.13. The summed E-state index contributed by atoms with van der Waals surface area (Å²) in [6, 6.07) is 18.8. The Morgan fingerprint density at radius 1 is 1.06 bits per heavy atom. The van der Waals surface area contributed by atoms with Gasteiger partial charge in [-0.05, 0) is 54.3 Å². The third-order valence-electron chi connectivity index (χ3n) is 5.05. The van der Waals surface area contributed by atoms with Gasteiger partial charge in [0.1, 0.15) is 5.65 Å². The number of fused-ring (bicyclic) bond motifs is 1. The number of nitrogens with zero attached hydrogens (tertiary/aromatic N) is 5. The van der Waals surface area contributed by atoms with E-state index in [4.69, 9.17) is 4.98 Å². The minimum absolute atomic E-state index is 0.000154. The number of aromatic nitrogens is 5. The van der Waals surface area contributed by atoms with E-state index in [1.165, 1.54) is 10.5 Å². The van der Waals surface area contributed by atoms with E-state index in [0.717, 1.165) is 29.0 Å². The molecular formula is C24H22N6S. The van der Waals surface area contributed by atoms with Crippen LogP contribution in [0.15, 0.2) is 90.6 Å². The zero-order valence-electron chi connectivity index (χ0n) is 17.1. The van der Waals surface area contributed by atoms with E-state index in [9.17, 15) is 0 Å². The van der Waals surface area contributed by atoms with E-state index in [2.05, 4.69) is 68.4 Å². The fourth-order valence-corrected chi connectivity index (χ4v) is 4.09. The monoisotopic (exact) mass is 426 g/mol. The topological polar surface area (TPSA) is 60.6 Å². The standard InChI is InChI=1S/C24H22N6S/c1-31(2)22-8-6-21(7-9-22)30-12-10-19-15-26-24(28-23(19)30)27-20-5-3-4-18(14-20)16-29-13-11-25-17-29/h3-15,17H,1,16H2,2H3,(H,26,27,28). The highest BCUT2D eigenvalue weighted by atomic mass is 32.2. The maximum atomic E-state index is 4.78. The molecule has 0 aliphatic heterocycles. The van der Waals surface area contributed by atoms with Crippen molar-refractivity contribution in [3.05, 3.63) is 91.3 Å². The summed E-state index contributed by atoms with van der Waals surface area (Å²) in [5, 5.41) is 4.34. The molecule has 5 rings (SSSR count). The molecule has 0 saturated heterocycles. The highest BCUT2D eigenvalue weighted by molar-refractivity contribution is 8.13. The highest BCUT2D eigenvalue weighted by Crippen LogP contribution is 2.25. The second-order valence-electron chi connectivity index (χ2n) is 7.35. The lowest BCUT2D eigenvalue weighted by Crippen LogP contribution is -2.01. The number of imidazole rings is 1. The van der Waals surface area contributed by atoms with Crippen molar-refractivity contribution in [2.45, 2.75) is 11.4 Å². The maximum Gasteiger partial charge on any atom is 0.229 e. The van der Waals surface area contributed by atoms with Gasteiger partial charge in [-0.25, -0.2) is 9.97 Å². The molecule has 0 bridgehead atoms. The van der Waals surface area contributed by atoms with Gasteiger partial charge in [-0.2, -0.15) is 15.5 Å². The molecule has 154 valence electrons. The van der Waals surface area contributed by atoms with Crippen LogP contribution in [0.2, 0.25) is 0 Å². The molecule has 0 saturated carbocycles. The van der Waals surface area contributed by atoms with Crippen LogP contribution in [0.3, 0.4) is 0 Å². The summed E-state index contributed by atoms with van der Waals surface area (Å²) < 4.78 is 4.12. The van der Waals surface area contributed by atoms with Gasteiger partial charge in [0.05, 0.1) is 6.33 Å². The smallest absolute Gasteiger partial charge is 0.229 e. The summed E-state index contributed by atoms with van der Waals surface area (Å²) in [5.41, 5.74) is 4.05. The second-order valence-corrected chi connectivity index (χ2v) is 9.10. The Bertz CT molecular complexity index is 1350. The Kier molecular flexibility index (Phi) is 5.09. The van der Waals surface area contributed by atoms with Crippen LogP contribution in [0, 0.1) is 0 Å². The van der Waals surface area contributed by atoms with Crippen LogP contribution in [-0.4, -0.2) is 36.2 Å². The van der Waals surface area contributed by atoms with Crippen molar-refractivity contribution in [1.29, 1.82) is 0 Å². The molecule has 1 N–H and O–H groups in total. The first-order valence-electron chi connectivity index (χ1n) is 9.87. The van der Waals surface area contributed by atoms with Crippen molar-refractivity contribution >= 4 is 39.0 Å². The molecule has 0 amide bonds. The number of nitrogens with one attached hydrogen (secondary N) is 1. The molecule has 3 aromatic heterocycles. The Balaban J connectivity index is 1.42. The van der Waals surface area contributed by atoms with Crippen LogP contribution in [0.1, 0.15) is 5.56 Å². The van der Waals surface area contributed by atoms with Crippen LogP contribution >= 0.6 is 10.5 Å². The summed E-state index contributed by atoms with van der Waals surface area (Å²) in [4.78, 5) is 14.6. The summed E-state index contributed by atoms with van der Waals surface area (Å²) in [6.07, 6.45) is 11.6. The SMILES string of the molecule is C=S(C)c1ccc(-n2ccc3cnc(Nc4cccc(Cn5ccnc5)c4)nc32)cc1. The summed E-state index contributed by atoms with van der Waals surface area (Å²) in [6.45, 7) is 0.765. The van der Waals surface area contributed by atoms with Crippen molar-refractivity contribution in [3.8, 4) is 5.69 Å². The van der Waals surface area contributed by atoms with Gasteiger partial charge in [-0.3, -0.25) is 0 Å². The number of hydrogen-bond acceptors (Lipinski definition) is 4. The molecule has 6 nitrogen and oxygen atoms in total. The molecule has 5 aromatic rings. The molecule has 2 aromatic carbocycles. The molecule has 1 atom stereocenters. The van der Waals surface area contributed by atoms with Crippen molar-refractivity contribution in [2.75, 3.05) is 11.6 Å². The fraction of sp³-hybridized carbons (Fsp3) is 0.0833. The van der Waals surface area contributed by atoms with Crippen molar-refractivity contribution in [2.24, 2.45) is 0 Å². The summed E-state index contributed by atoms with van der Waals surface area (Å²) in [5.74, 6) is 4.68. The largest absolute Gasteiger partial charge is 0.333 e. The molecule has 3 heterocycles. The van der Waals surface area contributed by atoms with Gasteiger partial charge in [0.15, 0.2) is 0 Å². The molecule has 0 radical (unpaired) electrons. The number of hydrogen-bond donors (Lipinski definition) is 1. The summed E-state index contributed by atoms with van der Waals surface area (Å²) in [7, 11) is -0.000154. The Morgan fingerprint density at radius 3 is 2.71 bits per heavy atom. The van der Waals surface area contributed by atoms with E-state index in [1.54, 1.807) is 6.20 Å². The first-order valence-corrected chi connectivity index (χ1v) is 11.7. The average Bonchev–Trinajstić information content (AvgIpc) is 3.44. The Labute approximate surface area is 183 Å². The van der Waals surface area contributed by atoms with Crippen molar-refractivity contribution in [3.63, 3.8) is 0 Å². The van der Waals surface area contributed by atoms with Gasteiger partial charge >= 0.3 is 0 Å². The van der Waals surface area contributed by atoms with Crippen LogP contribution in [-0.2, 0) is 6.54 Å². The number of anilines is 2. The lowest BCUT2D eigenvalue weighted by atomic mass is 10.2. The van der Waals surface area contributed by atoms with Gasteiger partial charge in [0, 0.05) is 53.0 Å². The zero-order valence-corrected chi connectivity index (χ0v) is 18.0. The highest BCUT2D eigenvalue weighted by Gasteiger charge is 2.08. The molecule has 31 heavy (non-hydrogen) atoms. The molecule has 0 fully saturated rings. The molecule has 0 spiro atoms. The van der Waals surface area contributed by atoms with Crippen LogP contribution in [0.25, 0.3) is 16.7 Å². The minimum Gasteiger partial charge on any atom is -0.333 e. The Hall–Kier alpha value is -3.71. The van der Waals surface area contributed by atoms with Gasteiger partial charge in [-0.15, -0.1) is 0 Å². The van der Waals surface area contributed by atoms with E-state index >= 15 is 0 Å². The first-order chi connectivity index (χ1) is 15.2. The van der Waals surface area contributed by atoms with Crippen molar-refractivity contribution < 1.29 is 0 Å². The van der Waals surface area contributed by atoms with Crippen LogP contribution in [0.5, 0.6) is 0 Å². The normalized spacial score (nSPS) is 12.2. The average molecular weight is 427 g/mol. The number of rotatable bonds is 6. The maximum absolute atomic E-state index is 4.78. The van der Waals surface area contributed by atoms with Crippen LogP contribution in [0.4, 0.5) is 11.6 Å². The first kappa shape index (κ1) is 19.3.